The Morgan fingerprint density at radius 2 is 1.52 bits per heavy atom. The van der Waals surface area contributed by atoms with Gasteiger partial charge in [-0.05, 0) is 40.2 Å². The first-order chi connectivity index (χ1) is 11.4. The summed E-state index contributed by atoms with van der Waals surface area (Å²) in [6.07, 6.45) is 3.66. The van der Waals surface area contributed by atoms with E-state index in [4.69, 9.17) is 11.6 Å². The van der Waals surface area contributed by atoms with E-state index in [1.807, 2.05) is 39.0 Å². The maximum Gasteiger partial charge on any atom is 0.173 e. The number of halogens is 1. The summed E-state index contributed by atoms with van der Waals surface area (Å²) in [4.78, 5) is 26.7. The number of carbonyl (C=O) groups excluding carboxylic acids is 2. The van der Waals surface area contributed by atoms with E-state index in [1.54, 1.807) is 18.2 Å². The van der Waals surface area contributed by atoms with Crippen LogP contribution in [0, 0.1) is 22.2 Å². The average molecular weight is 357 g/mol. The molecule has 3 heteroatoms. The first-order valence-electron chi connectivity index (χ1n) is 8.69. The summed E-state index contributed by atoms with van der Waals surface area (Å²) in [5.41, 5.74) is 1.01. The SMILES string of the molecule is CC(C)(C)C1=CC2(C(C)(C)C)C(=O)C=C(c3ccc(Cl)cc3)C1C2=O. The van der Waals surface area contributed by atoms with Crippen molar-refractivity contribution in [3.63, 3.8) is 0 Å². The van der Waals surface area contributed by atoms with Gasteiger partial charge in [-0.15, -0.1) is 0 Å². The van der Waals surface area contributed by atoms with Crippen LogP contribution >= 0.6 is 11.6 Å². The van der Waals surface area contributed by atoms with Crippen LogP contribution in [0.2, 0.25) is 5.02 Å². The van der Waals surface area contributed by atoms with Crippen LogP contribution in [0.5, 0.6) is 0 Å². The van der Waals surface area contributed by atoms with E-state index in [0.29, 0.717) is 5.02 Å². The highest BCUT2D eigenvalue weighted by Crippen LogP contribution is 2.58. The number of hydrogen-bond donors (Lipinski definition) is 0. The second-order valence-corrected chi connectivity index (χ2v) is 9.61. The molecule has 0 aromatic heterocycles. The summed E-state index contributed by atoms with van der Waals surface area (Å²) in [5.74, 6) is -0.453. The molecule has 0 N–H and O–H groups in total. The molecule has 0 amide bonds. The minimum Gasteiger partial charge on any atom is -0.297 e. The predicted octanol–water partition coefficient (Wildman–Crippen LogP) is 5.51. The zero-order valence-corrected chi connectivity index (χ0v) is 16.5. The van der Waals surface area contributed by atoms with Crippen molar-refractivity contribution in [1.82, 2.24) is 0 Å². The predicted molar refractivity (Wildman–Crippen MR) is 102 cm³/mol. The topological polar surface area (TPSA) is 34.1 Å². The number of hydrogen-bond acceptors (Lipinski definition) is 2. The number of ketones is 2. The molecule has 2 nitrogen and oxygen atoms in total. The summed E-state index contributed by atoms with van der Waals surface area (Å²) < 4.78 is 0. The molecule has 0 radical (unpaired) electrons. The molecule has 2 aliphatic rings. The highest BCUT2D eigenvalue weighted by atomic mass is 35.5. The third-order valence-corrected chi connectivity index (χ3v) is 5.80. The lowest BCUT2D eigenvalue weighted by Crippen LogP contribution is -2.49. The molecule has 0 aliphatic heterocycles. The lowest BCUT2D eigenvalue weighted by Gasteiger charge is -2.40. The lowest BCUT2D eigenvalue weighted by molar-refractivity contribution is -0.141. The highest BCUT2D eigenvalue weighted by molar-refractivity contribution is 6.30. The lowest BCUT2D eigenvalue weighted by atomic mass is 9.59. The van der Waals surface area contributed by atoms with E-state index in [2.05, 4.69) is 20.8 Å². The molecule has 2 atom stereocenters. The van der Waals surface area contributed by atoms with E-state index < -0.39 is 10.8 Å². The van der Waals surface area contributed by atoms with Crippen molar-refractivity contribution in [1.29, 1.82) is 0 Å². The fraction of sp³-hybridized carbons (Fsp3) is 0.455. The van der Waals surface area contributed by atoms with E-state index in [0.717, 1.165) is 16.7 Å². The van der Waals surface area contributed by atoms with Crippen LogP contribution in [-0.4, -0.2) is 11.6 Å². The Balaban J connectivity index is 2.27. The Labute approximate surface area is 155 Å². The van der Waals surface area contributed by atoms with Crippen molar-refractivity contribution in [2.75, 3.05) is 0 Å². The van der Waals surface area contributed by atoms with E-state index in [1.165, 1.54) is 0 Å². The molecule has 0 saturated heterocycles. The van der Waals surface area contributed by atoms with Crippen LogP contribution in [0.15, 0.2) is 42.0 Å². The molecule has 0 heterocycles. The maximum atomic E-state index is 13.5. The van der Waals surface area contributed by atoms with Crippen molar-refractivity contribution in [3.05, 3.63) is 52.6 Å². The molecule has 2 unspecified atom stereocenters. The van der Waals surface area contributed by atoms with Crippen LogP contribution < -0.4 is 0 Å². The summed E-state index contributed by atoms with van der Waals surface area (Å²) in [7, 11) is 0. The van der Waals surface area contributed by atoms with Gasteiger partial charge in [-0.3, -0.25) is 9.59 Å². The van der Waals surface area contributed by atoms with Crippen molar-refractivity contribution >= 4 is 28.7 Å². The van der Waals surface area contributed by atoms with Gasteiger partial charge in [-0.2, -0.15) is 0 Å². The van der Waals surface area contributed by atoms with Gasteiger partial charge in [0.25, 0.3) is 0 Å². The normalized spacial score (nSPS) is 26.6. The zero-order valence-electron chi connectivity index (χ0n) is 15.7. The summed E-state index contributed by atoms with van der Waals surface area (Å²) in [6, 6.07) is 7.37. The number of carbonyl (C=O) groups is 2. The molecule has 0 fully saturated rings. The molecule has 132 valence electrons. The average Bonchev–Trinajstić information content (AvgIpc) is 2.70. The quantitative estimate of drug-likeness (QED) is 0.491. The van der Waals surface area contributed by atoms with Gasteiger partial charge in [-0.25, -0.2) is 0 Å². The molecule has 0 saturated carbocycles. The fourth-order valence-corrected chi connectivity index (χ4v) is 4.22. The second-order valence-electron chi connectivity index (χ2n) is 9.18. The number of Topliss-reactive ketones (excluding diaryl/α,β-unsaturated/α-hetero) is 1. The second kappa shape index (κ2) is 5.41. The number of fused-ring (bicyclic) bond motifs is 2. The van der Waals surface area contributed by atoms with Gasteiger partial charge in [-0.1, -0.05) is 76.9 Å². The van der Waals surface area contributed by atoms with Crippen molar-refractivity contribution in [2.24, 2.45) is 22.2 Å². The van der Waals surface area contributed by atoms with Crippen LogP contribution in [-0.2, 0) is 9.59 Å². The number of benzene rings is 1. The third kappa shape index (κ3) is 2.54. The summed E-state index contributed by atoms with van der Waals surface area (Å²) in [5, 5.41) is 0.639. The first-order valence-corrected chi connectivity index (χ1v) is 9.07. The van der Waals surface area contributed by atoms with Gasteiger partial charge < -0.3 is 0 Å². The highest BCUT2D eigenvalue weighted by Gasteiger charge is 2.62. The Hall–Kier alpha value is -1.67. The van der Waals surface area contributed by atoms with Crippen molar-refractivity contribution < 1.29 is 9.59 Å². The van der Waals surface area contributed by atoms with Gasteiger partial charge in [0.1, 0.15) is 5.41 Å². The first kappa shape index (κ1) is 18.1. The molecule has 3 rings (SSSR count). The standard InChI is InChI=1S/C22H25ClO2/c1-20(2,3)16-12-22(21(4,5)6)17(24)11-15(18(16)19(22)25)13-7-9-14(23)10-8-13/h7-12,18H,1-6H3. The zero-order chi connectivity index (χ0) is 18.8. The smallest absolute Gasteiger partial charge is 0.173 e. The van der Waals surface area contributed by atoms with Crippen molar-refractivity contribution in [2.45, 2.75) is 41.5 Å². The number of allylic oxidation sites excluding steroid dienone is 4. The van der Waals surface area contributed by atoms with Crippen LogP contribution in [0.4, 0.5) is 0 Å². The summed E-state index contributed by atoms with van der Waals surface area (Å²) in [6.45, 7) is 12.2. The third-order valence-electron chi connectivity index (χ3n) is 5.55. The minimum absolute atomic E-state index is 0.0161. The number of rotatable bonds is 1. The molecular formula is C22H25ClO2. The van der Waals surface area contributed by atoms with Crippen LogP contribution in [0.25, 0.3) is 5.57 Å². The monoisotopic (exact) mass is 356 g/mol. The Morgan fingerprint density at radius 1 is 0.960 bits per heavy atom. The van der Waals surface area contributed by atoms with Gasteiger partial charge in [0.2, 0.25) is 0 Å². The van der Waals surface area contributed by atoms with Crippen LogP contribution in [0.3, 0.4) is 0 Å². The largest absolute Gasteiger partial charge is 0.297 e. The molecule has 2 bridgehead atoms. The maximum absolute atomic E-state index is 13.5. The van der Waals surface area contributed by atoms with Crippen LogP contribution in [0.1, 0.15) is 47.1 Å². The molecule has 25 heavy (non-hydrogen) atoms. The van der Waals surface area contributed by atoms with E-state index in [9.17, 15) is 9.59 Å². The van der Waals surface area contributed by atoms with Gasteiger partial charge in [0.05, 0.1) is 5.92 Å². The minimum atomic E-state index is -1.06. The Morgan fingerprint density at radius 3 is 2.00 bits per heavy atom. The van der Waals surface area contributed by atoms with E-state index in [-0.39, 0.29) is 22.9 Å². The van der Waals surface area contributed by atoms with E-state index >= 15 is 0 Å². The fourth-order valence-electron chi connectivity index (χ4n) is 4.09. The van der Waals surface area contributed by atoms with Gasteiger partial charge in [0.15, 0.2) is 11.6 Å². The Bertz CT molecular complexity index is 813. The Kier molecular flexibility index (Phi) is 3.92. The molecule has 0 spiro atoms. The molecule has 1 aromatic rings. The van der Waals surface area contributed by atoms with Crippen molar-refractivity contribution in [3.8, 4) is 0 Å². The molecule has 2 aliphatic carbocycles. The molecule has 1 aromatic carbocycles. The van der Waals surface area contributed by atoms with Gasteiger partial charge in [0, 0.05) is 5.02 Å². The summed E-state index contributed by atoms with van der Waals surface area (Å²) >= 11 is 6.00. The van der Waals surface area contributed by atoms with Gasteiger partial charge >= 0.3 is 0 Å². The molecular weight excluding hydrogens is 332 g/mol.